The summed E-state index contributed by atoms with van der Waals surface area (Å²) in [5, 5.41) is 8.76. The van der Waals surface area contributed by atoms with Gasteiger partial charge in [-0.1, -0.05) is 13.3 Å². The SMILES string of the molecule is CCC[C@]1(CP=O)O[C@H]1CO. The van der Waals surface area contributed by atoms with E-state index in [2.05, 4.69) is 6.92 Å². The normalized spacial score (nSPS) is 36.0. The van der Waals surface area contributed by atoms with Crippen LogP contribution in [0.4, 0.5) is 0 Å². The van der Waals surface area contributed by atoms with Crippen LogP contribution in [0.25, 0.3) is 0 Å². The lowest BCUT2D eigenvalue weighted by Crippen LogP contribution is -2.18. The second-order valence-electron chi connectivity index (χ2n) is 2.89. The Morgan fingerprint density at radius 3 is 2.82 bits per heavy atom. The lowest BCUT2D eigenvalue weighted by molar-refractivity contribution is 0.235. The van der Waals surface area contributed by atoms with Crippen LogP contribution in [0.1, 0.15) is 19.8 Å². The summed E-state index contributed by atoms with van der Waals surface area (Å²) in [5.41, 5.74) is -0.257. The molecule has 4 heteroatoms. The highest BCUT2D eigenvalue weighted by atomic mass is 31.1. The van der Waals surface area contributed by atoms with Crippen LogP contribution in [-0.2, 0) is 9.30 Å². The zero-order chi connectivity index (χ0) is 8.32. The first-order valence-corrected chi connectivity index (χ1v) is 4.86. The molecule has 0 saturated carbocycles. The minimum atomic E-state index is -0.257. The van der Waals surface area contributed by atoms with Gasteiger partial charge in [-0.25, -0.2) is 0 Å². The molecule has 1 rings (SSSR count). The average Bonchev–Trinajstić information content (AvgIpc) is 2.65. The zero-order valence-electron chi connectivity index (χ0n) is 6.62. The van der Waals surface area contributed by atoms with E-state index in [0.717, 1.165) is 12.8 Å². The van der Waals surface area contributed by atoms with Gasteiger partial charge in [-0.15, -0.1) is 0 Å². The molecule has 0 spiro atoms. The second-order valence-corrected chi connectivity index (χ2v) is 3.47. The molecule has 1 saturated heterocycles. The molecule has 0 aliphatic carbocycles. The third kappa shape index (κ3) is 1.78. The van der Waals surface area contributed by atoms with Crippen molar-refractivity contribution in [3.8, 4) is 0 Å². The van der Waals surface area contributed by atoms with E-state index in [1.54, 1.807) is 0 Å². The van der Waals surface area contributed by atoms with Crippen molar-refractivity contribution in [2.45, 2.75) is 31.5 Å². The van der Waals surface area contributed by atoms with Crippen LogP contribution in [0.5, 0.6) is 0 Å². The lowest BCUT2D eigenvalue weighted by Gasteiger charge is -2.04. The number of aliphatic hydroxyl groups is 1. The van der Waals surface area contributed by atoms with Crippen molar-refractivity contribution in [3.05, 3.63) is 0 Å². The first kappa shape index (κ1) is 9.11. The maximum absolute atomic E-state index is 10.3. The third-order valence-corrected chi connectivity index (χ3v) is 2.74. The molecule has 1 N–H and O–H groups in total. The van der Waals surface area contributed by atoms with Crippen molar-refractivity contribution < 1.29 is 14.4 Å². The van der Waals surface area contributed by atoms with E-state index in [0.29, 0.717) is 6.16 Å². The summed E-state index contributed by atoms with van der Waals surface area (Å²) < 4.78 is 15.6. The van der Waals surface area contributed by atoms with E-state index in [1.807, 2.05) is 0 Å². The average molecular weight is 176 g/mol. The zero-order valence-corrected chi connectivity index (χ0v) is 7.51. The number of ether oxygens (including phenoxy) is 1. The summed E-state index contributed by atoms with van der Waals surface area (Å²) in [4.78, 5) is 0. The first-order chi connectivity index (χ1) is 5.29. The second kappa shape index (κ2) is 3.61. The molecule has 1 aliphatic heterocycles. The maximum atomic E-state index is 10.3. The predicted octanol–water partition coefficient (Wildman–Crippen LogP) is 1.21. The third-order valence-electron chi connectivity index (χ3n) is 2.08. The predicted molar refractivity (Wildman–Crippen MR) is 42.1 cm³/mol. The minimum absolute atomic E-state index is 0.0511. The van der Waals surface area contributed by atoms with Gasteiger partial charge < -0.3 is 9.84 Å². The van der Waals surface area contributed by atoms with E-state index in [9.17, 15) is 4.57 Å². The Morgan fingerprint density at radius 2 is 2.45 bits per heavy atom. The molecule has 0 radical (unpaired) electrons. The summed E-state index contributed by atoms with van der Waals surface area (Å²) in [6.45, 7) is 2.11. The van der Waals surface area contributed by atoms with Crippen LogP contribution >= 0.6 is 8.46 Å². The highest BCUT2D eigenvalue weighted by Crippen LogP contribution is 2.42. The number of rotatable bonds is 5. The van der Waals surface area contributed by atoms with Gasteiger partial charge in [-0.3, -0.25) is 4.57 Å². The summed E-state index contributed by atoms with van der Waals surface area (Å²) in [7, 11) is 0.114. The molecule has 0 unspecified atom stereocenters. The van der Waals surface area contributed by atoms with Gasteiger partial charge in [0.1, 0.15) is 11.7 Å². The van der Waals surface area contributed by atoms with Crippen molar-refractivity contribution >= 4 is 8.46 Å². The molecule has 0 bridgehead atoms. The Kier molecular flexibility index (Phi) is 2.99. The molecule has 1 fully saturated rings. The van der Waals surface area contributed by atoms with Gasteiger partial charge in [0.05, 0.1) is 12.8 Å². The van der Waals surface area contributed by atoms with Crippen molar-refractivity contribution in [2.24, 2.45) is 0 Å². The standard InChI is InChI=1S/C7H13O3P/c1-2-3-7(5-11-9)6(4-8)10-7/h6,8H,2-5H2,1H3/t6-,7+/m0/s1. The largest absolute Gasteiger partial charge is 0.394 e. The van der Waals surface area contributed by atoms with Gasteiger partial charge in [-0.05, 0) is 6.42 Å². The fourth-order valence-corrected chi connectivity index (χ4v) is 2.08. The Balaban J connectivity index is 2.40. The van der Waals surface area contributed by atoms with Crippen LogP contribution in [0.15, 0.2) is 0 Å². The Bertz CT molecular complexity index is 151. The Labute approximate surface area is 68.0 Å². The summed E-state index contributed by atoms with van der Waals surface area (Å²) in [6.07, 6.45) is 2.36. The van der Waals surface area contributed by atoms with Gasteiger partial charge in [0.2, 0.25) is 0 Å². The van der Waals surface area contributed by atoms with E-state index in [4.69, 9.17) is 9.84 Å². The lowest BCUT2D eigenvalue weighted by atomic mass is 10.0. The van der Waals surface area contributed by atoms with Crippen LogP contribution in [-0.4, -0.2) is 29.6 Å². The molecule has 64 valence electrons. The number of hydrogen-bond donors (Lipinski definition) is 1. The molecular weight excluding hydrogens is 163 g/mol. The molecule has 2 atom stereocenters. The van der Waals surface area contributed by atoms with E-state index >= 15 is 0 Å². The molecular formula is C7H13O3P. The number of hydrogen-bond acceptors (Lipinski definition) is 3. The van der Waals surface area contributed by atoms with Crippen molar-refractivity contribution in [3.63, 3.8) is 0 Å². The molecule has 11 heavy (non-hydrogen) atoms. The van der Waals surface area contributed by atoms with Crippen molar-refractivity contribution in [1.29, 1.82) is 0 Å². The number of aliphatic hydroxyl groups excluding tert-OH is 1. The van der Waals surface area contributed by atoms with Crippen LogP contribution in [0.2, 0.25) is 0 Å². The summed E-state index contributed by atoms with van der Waals surface area (Å²) >= 11 is 0. The fraction of sp³-hybridized carbons (Fsp3) is 1.00. The molecule has 0 aromatic rings. The highest BCUT2D eigenvalue weighted by Gasteiger charge is 2.54. The van der Waals surface area contributed by atoms with E-state index < -0.39 is 0 Å². The van der Waals surface area contributed by atoms with E-state index in [1.165, 1.54) is 0 Å². The monoisotopic (exact) mass is 176 g/mol. The molecule has 1 heterocycles. The van der Waals surface area contributed by atoms with Gasteiger partial charge in [0, 0.05) is 0 Å². The van der Waals surface area contributed by atoms with Crippen molar-refractivity contribution in [2.75, 3.05) is 12.8 Å². The minimum Gasteiger partial charge on any atom is -0.394 e. The fourth-order valence-electron chi connectivity index (χ4n) is 1.42. The smallest absolute Gasteiger partial charge is 0.158 e. The summed E-state index contributed by atoms with van der Waals surface area (Å²) in [6, 6.07) is 0. The van der Waals surface area contributed by atoms with Crippen LogP contribution in [0, 0.1) is 0 Å². The molecule has 0 amide bonds. The summed E-state index contributed by atoms with van der Waals surface area (Å²) in [5.74, 6) is 0. The highest BCUT2D eigenvalue weighted by molar-refractivity contribution is 7.23. The van der Waals surface area contributed by atoms with Gasteiger partial charge in [-0.2, -0.15) is 0 Å². The van der Waals surface area contributed by atoms with Crippen LogP contribution < -0.4 is 0 Å². The van der Waals surface area contributed by atoms with E-state index in [-0.39, 0.29) is 26.8 Å². The first-order valence-electron chi connectivity index (χ1n) is 3.87. The van der Waals surface area contributed by atoms with Gasteiger partial charge in [0.15, 0.2) is 8.46 Å². The maximum Gasteiger partial charge on any atom is 0.158 e. The molecule has 0 aromatic carbocycles. The van der Waals surface area contributed by atoms with Gasteiger partial charge in [0.25, 0.3) is 0 Å². The molecule has 0 aromatic heterocycles. The Hall–Kier alpha value is 0.0200. The molecule has 1 aliphatic rings. The molecule has 3 nitrogen and oxygen atoms in total. The quantitative estimate of drug-likeness (QED) is 0.506. The topological polar surface area (TPSA) is 49.8 Å². The van der Waals surface area contributed by atoms with Crippen LogP contribution in [0.3, 0.4) is 0 Å². The van der Waals surface area contributed by atoms with Gasteiger partial charge >= 0.3 is 0 Å². The number of epoxide rings is 1. The van der Waals surface area contributed by atoms with Crippen molar-refractivity contribution in [1.82, 2.24) is 0 Å². The Morgan fingerprint density at radius 1 is 1.73 bits per heavy atom.